The summed E-state index contributed by atoms with van der Waals surface area (Å²) in [6, 6.07) is 16.9. The molecule has 0 saturated carbocycles. The smallest absolute Gasteiger partial charge is 0.408 e. The molecule has 2 bridgehead atoms. The molecule has 9 rings (SSSR count). The third-order valence-electron chi connectivity index (χ3n) is 14.3. The number of carbonyl (C=O) groups is 3. The lowest BCUT2D eigenvalue weighted by Gasteiger charge is -2.62. The highest BCUT2D eigenvalue weighted by atomic mass is 32.2. The fourth-order valence-electron chi connectivity index (χ4n) is 11.4. The predicted molar refractivity (Wildman–Crippen MR) is 256 cm³/mol. The molecule has 6 aliphatic rings. The van der Waals surface area contributed by atoms with Crippen LogP contribution >= 0.6 is 11.8 Å². The van der Waals surface area contributed by atoms with Gasteiger partial charge < -0.3 is 48.9 Å². The number of fused-ring (bicyclic) bond motifs is 11. The van der Waals surface area contributed by atoms with Gasteiger partial charge in [-0.3, -0.25) is 19.4 Å². The SMILES string of the molecule is COCCOCOc1c(OC)c(C)cc2c1[C@@H]1C3CC4(O)C(=O)C(C)=C5OCOC5=C4[C@H](CNC(=O)[C@H](CSCC4c5ccccc5-c5ccccc54)NC(=O)OC(C)(C)C)N3[C@@H](C#N)[C@@H](C2)N1C. The lowest BCUT2D eigenvalue weighted by molar-refractivity contribution is -0.148. The summed E-state index contributed by atoms with van der Waals surface area (Å²) in [5, 5.41) is 30.3. The number of Topliss-reactive ketones (excluding diaryl/α,β-unsaturated/α-hetero) is 1. The van der Waals surface area contributed by atoms with Crippen molar-refractivity contribution in [3.8, 4) is 28.7 Å². The van der Waals surface area contributed by atoms with Gasteiger partial charge in [0.2, 0.25) is 12.7 Å². The molecule has 3 aromatic carbocycles. The van der Waals surface area contributed by atoms with Crippen LogP contribution in [0, 0.1) is 18.3 Å². The minimum Gasteiger partial charge on any atom is -0.493 e. The molecular weight excluding hydrogens is 903 g/mol. The topological polar surface area (TPSA) is 190 Å². The number of likely N-dealkylation sites (N-methyl/N-ethyl adjacent to an activating group) is 1. The standard InChI is InChI=1S/C52H61N5O11S/c1-28-19-30-20-37-39(22-53)57-38(43(56(37)6)41(30)46(44(28)63-8)65-26-64-18-17-62-7)21-52(61)42(47-45(66-27-67-47)29(2)48(52)58)40(57)23-54-49(59)36(55-50(60)68-51(3,4)5)25-69-24-35-33-15-11-9-13-31(33)32-14-10-12-16-34(32)35/h9-16,19,35-40,43,61H,17-18,20-21,23-27H2,1-8H3,(H,54,59)(H,55,60)/t36-,37+,38?,39-,40-,43-,52?/m0/s1. The summed E-state index contributed by atoms with van der Waals surface area (Å²) in [6.45, 7) is 9.05. The van der Waals surface area contributed by atoms with Gasteiger partial charge in [0, 0.05) is 66.3 Å². The van der Waals surface area contributed by atoms with Crippen LogP contribution in [0.4, 0.5) is 4.79 Å². The maximum Gasteiger partial charge on any atom is 0.408 e. The summed E-state index contributed by atoms with van der Waals surface area (Å²) in [4.78, 5) is 47.1. The van der Waals surface area contributed by atoms with Crippen LogP contribution in [0.25, 0.3) is 11.1 Å². The Labute approximate surface area is 407 Å². The van der Waals surface area contributed by atoms with Gasteiger partial charge in [0.1, 0.15) is 17.7 Å². The average Bonchev–Trinajstić information content (AvgIpc) is 3.92. The Bertz CT molecular complexity index is 2600. The summed E-state index contributed by atoms with van der Waals surface area (Å²) >= 11 is 1.54. The molecule has 3 aromatic rings. The molecule has 3 N–H and O–H groups in total. The molecular formula is C52H61N5O11S. The number of alkyl carbamates (subject to hydrolysis) is 1. The molecule has 0 spiro atoms. The summed E-state index contributed by atoms with van der Waals surface area (Å²) in [5.74, 6) is 1.29. The molecule has 17 heteroatoms. The number of rotatable bonds is 15. The van der Waals surface area contributed by atoms with E-state index in [1.165, 1.54) is 22.3 Å². The molecule has 0 radical (unpaired) electrons. The summed E-state index contributed by atoms with van der Waals surface area (Å²) in [7, 11) is 5.12. The van der Waals surface area contributed by atoms with Crippen LogP contribution in [0.5, 0.6) is 11.5 Å². The Morgan fingerprint density at radius 2 is 1.71 bits per heavy atom. The van der Waals surface area contributed by atoms with E-state index in [-0.39, 0.29) is 66.9 Å². The lowest BCUT2D eigenvalue weighted by Crippen LogP contribution is -2.75. The van der Waals surface area contributed by atoms with E-state index in [4.69, 9.17) is 33.2 Å². The van der Waals surface area contributed by atoms with Crippen molar-refractivity contribution in [2.45, 2.75) is 101 Å². The largest absolute Gasteiger partial charge is 0.493 e. The van der Waals surface area contributed by atoms with Crippen LogP contribution in [0.3, 0.4) is 0 Å². The second-order valence-corrected chi connectivity index (χ2v) is 20.6. The molecule has 69 heavy (non-hydrogen) atoms. The van der Waals surface area contributed by atoms with Crippen LogP contribution in [0.2, 0.25) is 0 Å². The van der Waals surface area contributed by atoms with Crippen LogP contribution in [-0.4, -0.2) is 140 Å². The van der Waals surface area contributed by atoms with Crippen LogP contribution in [0.1, 0.15) is 73.9 Å². The molecule has 2 aliphatic carbocycles. The molecule has 2 amide bonds. The van der Waals surface area contributed by atoms with Gasteiger partial charge in [-0.15, -0.1) is 0 Å². The van der Waals surface area contributed by atoms with Gasteiger partial charge in [-0.05, 0) is 81.5 Å². The summed E-state index contributed by atoms with van der Waals surface area (Å²) in [6.07, 6.45) is -0.405. The van der Waals surface area contributed by atoms with Crippen molar-refractivity contribution in [3.63, 3.8) is 0 Å². The lowest BCUT2D eigenvalue weighted by atomic mass is 9.64. The zero-order valence-electron chi connectivity index (χ0n) is 40.4. The number of nitrogens with zero attached hydrogens (tertiary/aromatic N) is 3. The highest BCUT2D eigenvalue weighted by Gasteiger charge is 2.64. The fraction of sp³-hybridized carbons (Fsp3) is 0.500. The van der Waals surface area contributed by atoms with E-state index in [0.29, 0.717) is 36.9 Å². The van der Waals surface area contributed by atoms with Crippen LogP contribution in [0.15, 0.2) is 77.3 Å². The number of carbonyl (C=O) groups excluding carboxylic acids is 3. The first-order valence-electron chi connectivity index (χ1n) is 23.4. The number of amides is 2. The predicted octanol–water partition coefficient (Wildman–Crippen LogP) is 5.65. The average molecular weight is 964 g/mol. The number of ether oxygens (including phenoxy) is 7. The van der Waals surface area contributed by atoms with E-state index in [0.717, 1.165) is 16.7 Å². The summed E-state index contributed by atoms with van der Waals surface area (Å²) < 4.78 is 41.0. The van der Waals surface area contributed by atoms with Crippen molar-refractivity contribution < 1.29 is 52.6 Å². The van der Waals surface area contributed by atoms with Crippen molar-refractivity contribution in [1.82, 2.24) is 20.4 Å². The van der Waals surface area contributed by atoms with E-state index < -0.39 is 59.2 Å². The highest BCUT2D eigenvalue weighted by Crippen LogP contribution is 2.57. The first-order valence-corrected chi connectivity index (χ1v) is 24.6. The molecule has 4 heterocycles. The molecule has 4 aliphatic heterocycles. The van der Waals surface area contributed by atoms with Crippen molar-refractivity contribution in [3.05, 3.63) is 105 Å². The number of nitriles is 1. The number of hydrogen-bond donors (Lipinski definition) is 3. The van der Waals surface area contributed by atoms with Crippen molar-refractivity contribution >= 4 is 29.5 Å². The van der Waals surface area contributed by atoms with E-state index in [2.05, 4.69) is 51.9 Å². The number of aryl methyl sites for hydroxylation is 1. The minimum atomic E-state index is -2.12. The number of nitrogens with one attached hydrogen (secondary N) is 2. The van der Waals surface area contributed by atoms with Gasteiger partial charge in [0.25, 0.3) is 0 Å². The van der Waals surface area contributed by atoms with E-state index in [9.17, 15) is 24.8 Å². The van der Waals surface area contributed by atoms with Gasteiger partial charge in [0.05, 0.1) is 38.5 Å². The van der Waals surface area contributed by atoms with E-state index >= 15 is 0 Å². The zero-order chi connectivity index (χ0) is 48.9. The number of aliphatic hydroxyl groups is 1. The third kappa shape index (κ3) is 8.63. The summed E-state index contributed by atoms with van der Waals surface area (Å²) in [5.41, 5.74) is 4.86. The van der Waals surface area contributed by atoms with Gasteiger partial charge >= 0.3 is 6.09 Å². The number of ketones is 1. The Balaban J connectivity index is 1.07. The number of piperazine rings is 1. The molecule has 0 aromatic heterocycles. The third-order valence-corrected chi connectivity index (χ3v) is 15.4. The first kappa shape index (κ1) is 48.4. The number of methoxy groups -OCH3 is 2. The minimum absolute atomic E-state index is 0.0730. The Kier molecular flexibility index (Phi) is 13.5. The van der Waals surface area contributed by atoms with Crippen molar-refractivity contribution in [1.29, 1.82) is 5.26 Å². The van der Waals surface area contributed by atoms with Crippen LogP contribution in [-0.2, 0) is 39.7 Å². The Morgan fingerprint density at radius 1 is 1.01 bits per heavy atom. The van der Waals surface area contributed by atoms with Gasteiger partial charge in [0.15, 0.2) is 41.2 Å². The zero-order valence-corrected chi connectivity index (χ0v) is 41.2. The molecule has 3 fully saturated rings. The van der Waals surface area contributed by atoms with Gasteiger partial charge in [-0.2, -0.15) is 17.0 Å². The normalized spacial score (nSPS) is 25.2. The number of thioether (sulfide) groups is 1. The number of hydrogen-bond acceptors (Lipinski definition) is 15. The number of piperidine rings is 1. The quantitative estimate of drug-likeness (QED) is 0.125. The first-order chi connectivity index (χ1) is 33.1. The molecule has 2 unspecified atom stereocenters. The number of benzene rings is 3. The Hall–Kier alpha value is -5.61. The van der Waals surface area contributed by atoms with Crippen molar-refractivity contribution in [2.75, 3.05) is 66.1 Å². The molecule has 7 atom stereocenters. The Morgan fingerprint density at radius 3 is 2.38 bits per heavy atom. The fourth-order valence-corrected chi connectivity index (χ4v) is 12.7. The van der Waals surface area contributed by atoms with E-state index in [1.54, 1.807) is 53.7 Å². The highest BCUT2D eigenvalue weighted by molar-refractivity contribution is 7.99. The molecule has 16 nitrogen and oxygen atoms in total. The molecule has 3 saturated heterocycles. The molecule has 366 valence electrons. The van der Waals surface area contributed by atoms with Gasteiger partial charge in [-0.25, -0.2) is 4.79 Å². The van der Waals surface area contributed by atoms with E-state index in [1.807, 2.05) is 43.1 Å². The van der Waals surface area contributed by atoms with Gasteiger partial charge in [-0.1, -0.05) is 54.6 Å². The second kappa shape index (κ2) is 19.3. The second-order valence-electron chi connectivity index (χ2n) is 19.5. The van der Waals surface area contributed by atoms with Crippen molar-refractivity contribution in [2.24, 2.45) is 0 Å². The monoisotopic (exact) mass is 963 g/mol. The maximum absolute atomic E-state index is 14.8. The maximum atomic E-state index is 14.8. The van der Waals surface area contributed by atoms with Crippen LogP contribution < -0.4 is 20.1 Å².